The van der Waals surface area contributed by atoms with Crippen LogP contribution < -0.4 is 10.2 Å². The van der Waals surface area contributed by atoms with Crippen molar-refractivity contribution < 1.29 is 0 Å². The van der Waals surface area contributed by atoms with Gasteiger partial charge in [0.15, 0.2) is 0 Å². The van der Waals surface area contributed by atoms with E-state index in [-0.39, 0.29) is 0 Å². The molecular weight excluding hydrogens is 296 g/mol. The molecule has 1 aliphatic heterocycles. The third kappa shape index (κ3) is 3.20. The first kappa shape index (κ1) is 15.7. The highest BCUT2D eigenvalue weighted by Gasteiger charge is 2.22. The van der Waals surface area contributed by atoms with Gasteiger partial charge in [-0.25, -0.2) is 0 Å². The number of aryl methyl sites for hydroxylation is 3. The Balaban J connectivity index is 1.33. The second-order valence-electron chi connectivity index (χ2n) is 7.40. The van der Waals surface area contributed by atoms with Gasteiger partial charge in [0.1, 0.15) is 0 Å². The van der Waals surface area contributed by atoms with Gasteiger partial charge in [0.05, 0.1) is 6.20 Å². The molecule has 4 heteroatoms. The maximum Gasteiger partial charge on any atom is 0.0537 e. The SMILES string of the molecule is C[C@H](NC1CCN(c2ccc3c(c2)CCC3)CC1)c1cnn(C)c1. The fraction of sp³-hybridized carbons (Fsp3) is 0.550. The lowest BCUT2D eigenvalue weighted by Gasteiger charge is -2.35. The number of hydrogen-bond donors (Lipinski definition) is 1. The van der Waals surface area contributed by atoms with Crippen molar-refractivity contribution in [3.05, 3.63) is 47.3 Å². The molecule has 2 aliphatic rings. The number of nitrogens with zero attached hydrogens (tertiary/aromatic N) is 3. The summed E-state index contributed by atoms with van der Waals surface area (Å²) in [5, 5.41) is 8.06. The average molecular weight is 324 g/mol. The first-order valence-electron chi connectivity index (χ1n) is 9.30. The summed E-state index contributed by atoms with van der Waals surface area (Å²) in [6.45, 7) is 4.54. The molecule has 0 bridgehead atoms. The zero-order valence-electron chi connectivity index (χ0n) is 14.8. The minimum absolute atomic E-state index is 0.371. The summed E-state index contributed by atoms with van der Waals surface area (Å²) >= 11 is 0. The Morgan fingerprint density at radius 1 is 1.17 bits per heavy atom. The van der Waals surface area contributed by atoms with E-state index in [1.54, 1.807) is 11.1 Å². The van der Waals surface area contributed by atoms with Crippen molar-refractivity contribution in [1.82, 2.24) is 15.1 Å². The Bertz CT molecular complexity index is 697. The number of hydrogen-bond acceptors (Lipinski definition) is 3. The Morgan fingerprint density at radius 2 is 1.96 bits per heavy atom. The number of fused-ring (bicyclic) bond motifs is 1. The van der Waals surface area contributed by atoms with E-state index < -0.39 is 0 Å². The van der Waals surface area contributed by atoms with Crippen molar-refractivity contribution in [3.8, 4) is 0 Å². The van der Waals surface area contributed by atoms with Crippen molar-refractivity contribution >= 4 is 5.69 Å². The first-order chi connectivity index (χ1) is 11.7. The van der Waals surface area contributed by atoms with Gasteiger partial charge >= 0.3 is 0 Å². The van der Waals surface area contributed by atoms with Crippen LogP contribution in [0.5, 0.6) is 0 Å². The molecule has 2 heterocycles. The fourth-order valence-electron chi connectivity index (χ4n) is 4.17. The largest absolute Gasteiger partial charge is 0.371 e. The molecule has 0 amide bonds. The van der Waals surface area contributed by atoms with Gasteiger partial charge in [-0.3, -0.25) is 4.68 Å². The van der Waals surface area contributed by atoms with Crippen LogP contribution in [0.3, 0.4) is 0 Å². The molecule has 1 N–H and O–H groups in total. The molecule has 0 radical (unpaired) electrons. The molecule has 2 aromatic rings. The summed E-state index contributed by atoms with van der Waals surface area (Å²) in [7, 11) is 1.98. The summed E-state index contributed by atoms with van der Waals surface area (Å²) in [4.78, 5) is 2.56. The van der Waals surface area contributed by atoms with E-state index in [4.69, 9.17) is 0 Å². The molecule has 0 spiro atoms. The third-order valence-electron chi connectivity index (χ3n) is 5.65. The van der Waals surface area contributed by atoms with Crippen molar-refractivity contribution in [2.45, 2.75) is 51.1 Å². The van der Waals surface area contributed by atoms with Crippen LogP contribution in [0.2, 0.25) is 0 Å². The lowest BCUT2D eigenvalue weighted by Crippen LogP contribution is -2.43. The molecule has 128 valence electrons. The fourth-order valence-corrected chi connectivity index (χ4v) is 4.17. The Kier molecular flexibility index (Phi) is 4.31. The molecule has 1 saturated heterocycles. The molecule has 4 nitrogen and oxygen atoms in total. The quantitative estimate of drug-likeness (QED) is 0.937. The smallest absolute Gasteiger partial charge is 0.0537 e. The van der Waals surface area contributed by atoms with E-state index in [9.17, 15) is 0 Å². The van der Waals surface area contributed by atoms with Gasteiger partial charge in [0.2, 0.25) is 0 Å². The van der Waals surface area contributed by atoms with E-state index in [0.717, 1.165) is 13.1 Å². The van der Waals surface area contributed by atoms with Gasteiger partial charge in [-0.15, -0.1) is 0 Å². The minimum Gasteiger partial charge on any atom is -0.371 e. The highest BCUT2D eigenvalue weighted by atomic mass is 15.2. The molecule has 0 unspecified atom stereocenters. The predicted molar refractivity (Wildman–Crippen MR) is 98.5 cm³/mol. The summed E-state index contributed by atoms with van der Waals surface area (Å²) < 4.78 is 1.88. The van der Waals surface area contributed by atoms with Crippen molar-refractivity contribution in [2.24, 2.45) is 7.05 Å². The summed E-state index contributed by atoms with van der Waals surface area (Å²) in [6, 6.07) is 8.10. The van der Waals surface area contributed by atoms with Crippen LogP contribution in [0.15, 0.2) is 30.6 Å². The highest BCUT2D eigenvalue weighted by Crippen LogP contribution is 2.28. The van der Waals surface area contributed by atoms with Crippen LogP contribution in [-0.2, 0) is 19.9 Å². The standard InChI is InChI=1S/C20H28N4/c1-15(18-13-21-23(2)14-18)22-19-8-10-24(11-9-19)20-7-6-16-4-3-5-17(16)12-20/h6-7,12-15,19,22H,3-5,8-11H2,1-2H3/t15-/m0/s1. The number of nitrogens with one attached hydrogen (secondary N) is 1. The molecular formula is C20H28N4. The molecule has 0 saturated carbocycles. The van der Waals surface area contributed by atoms with Crippen LogP contribution in [0.1, 0.15) is 48.9 Å². The monoisotopic (exact) mass is 324 g/mol. The summed E-state index contributed by atoms with van der Waals surface area (Å²) in [5.41, 5.74) is 5.85. The second kappa shape index (κ2) is 6.60. The third-order valence-corrected chi connectivity index (χ3v) is 5.65. The van der Waals surface area contributed by atoms with Crippen molar-refractivity contribution in [3.63, 3.8) is 0 Å². The first-order valence-corrected chi connectivity index (χ1v) is 9.30. The summed E-state index contributed by atoms with van der Waals surface area (Å²) in [6.07, 6.45) is 10.4. The van der Waals surface area contributed by atoms with E-state index in [2.05, 4.69) is 46.6 Å². The Labute approximate surface area is 144 Å². The Hall–Kier alpha value is -1.81. The number of benzene rings is 1. The predicted octanol–water partition coefficient (Wildman–Crippen LogP) is 3.23. The van der Waals surface area contributed by atoms with Gasteiger partial charge in [-0.1, -0.05) is 6.07 Å². The minimum atomic E-state index is 0.371. The molecule has 1 aromatic heterocycles. The van der Waals surface area contributed by atoms with Crippen molar-refractivity contribution in [2.75, 3.05) is 18.0 Å². The molecule has 24 heavy (non-hydrogen) atoms. The molecule has 1 fully saturated rings. The van der Waals surface area contributed by atoms with Crippen LogP contribution in [0, 0.1) is 0 Å². The zero-order chi connectivity index (χ0) is 16.5. The van der Waals surface area contributed by atoms with Gasteiger partial charge in [-0.2, -0.15) is 5.10 Å². The maximum atomic E-state index is 4.28. The maximum absolute atomic E-state index is 4.28. The van der Waals surface area contributed by atoms with Crippen LogP contribution in [0.4, 0.5) is 5.69 Å². The van der Waals surface area contributed by atoms with Crippen LogP contribution >= 0.6 is 0 Å². The van der Waals surface area contributed by atoms with Gasteiger partial charge in [0.25, 0.3) is 0 Å². The molecule has 4 rings (SSSR count). The lowest BCUT2D eigenvalue weighted by atomic mass is 10.0. The lowest BCUT2D eigenvalue weighted by molar-refractivity contribution is 0.381. The van der Waals surface area contributed by atoms with Gasteiger partial charge in [0, 0.05) is 49.7 Å². The zero-order valence-corrected chi connectivity index (χ0v) is 14.8. The van der Waals surface area contributed by atoms with E-state index in [0.29, 0.717) is 12.1 Å². The molecule has 1 aromatic carbocycles. The van der Waals surface area contributed by atoms with E-state index in [1.165, 1.54) is 43.4 Å². The number of rotatable bonds is 4. The van der Waals surface area contributed by atoms with Crippen LogP contribution in [0.25, 0.3) is 0 Å². The van der Waals surface area contributed by atoms with Crippen molar-refractivity contribution in [1.29, 1.82) is 0 Å². The highest BCUT2D eigenvalue weighted by molar-refractivity contribution is 5.52. The number of piperidine rings is 1. The van der Waals surface area contributed by atoms with Crippen LogP contribution in [-0.4, -0.2) is 28.9 Å². The average Bonchev–Trinajstić information content (AvgIpc) is 3.23. The van der Waals surface area contributed by atoms with Gasteiger partial charge in [-0.05, 0) is 62.3 Å². The normalized spacial score (nSPS) is 19.5. The second-order valence-corrected chi connectivity index (χ2v) is 7.40. The molecule has 1 aliphatic carbocycles. The summed E-state index contributed by atoms with van der Waals surface area (Å²) in [5.74, 6) is 0. The van der Waals surface area contributed by atoms with Gasteiger partial charge < -0.3 is 10.2 Å². The molecule has 1 atom stereocenters. The topological polar surface area (TPSA) is 33.1 Å². The van der Waals surface area contributed by atoms with E-state index >= 15 is 0 Å². The number of aromatic nitrogens is 2. The Morgan fingerprint density at radius 3 is 2.71 bits per heavy atom. The van der Waals surface area contributed by atoms with E-state index in [1.807, 2.05) is 17.9 Å². The number of anilines is 1.